The number of allylic oxidation sites excluding steroid dienone is 1. The summed E-state index contributed by atoms with van der Waals surface area (Å²) in [5.41, 5.74) is 6.65. The first-order valence-corrected chi connectivity index (χ1v) is 14.4. The second-order valence-electron chi connectivity index (χ2n) is 8.98. The lowest BCUT2D eigenvalue weighted by Gasteiger charge is -2.21. The number of nitrogens with one attached hydrogen (secondary N) is 2. The number of ether oxygens (including phenoxy) is 1. The molecule has 2 aromatic carbocycles. The van der Waals surface area contributed by atoms with E-state index in [0.717, 1.165) is 30.5 Å². The number of benzene rings is 2. The quantitative estimate of drug-likeness (QED) is 0.134. The lowest BCUT2D eigenvalue weighted by Crippen LogP contribution is -2.40. The highest BCUT2D eigenvalue weighted by Crippen LogP contribution is 2.14. The number of amides is 1. The first kappa shape index (κ1) is 36.6. The minimum absolute atomic E-state index is 0. The molecule has 0 aliphatic heterocycles. The number of rotatable bonds is 15. The van der Waals surface area contributed by atoms with Gasteiger partial charge in [-0.1, -0.05) is 96.5 Å². The zero-order valence-corrected chi connectivity index (χ0v) is 25.7. The maximum atomic E-state index is 13.1. The Kier molecular flexibility index (Phi) is 21.5. The average Bonchev–Trinajstić information content (AvgIpc) is 2.96. The number of hydrogen-bond acceptors (Lipinski definition) is 6. The third-order valence-corrected chi connectivity index (χ3v) is 5.33. The van der Waals surface area contributed by atoms with E-state index < -0.39 is 6.04 Å². The van der Waals surface area contributed by atoms with Crippen LogP contribution in [0.25, 0.3) is 0 Å². The van der Waals surface area contributed by atoms with Gasteiger partial charge >= 0.3 is 5.97 Å². The van der Waals surface area contributed by atoms with Crippen molar-refractivity contribution in [2.75, 3.05) is 25.5 Å². The van der Waals surface area contributed by atoms with Gasteiger partial charge < -0.3 is 15.4 Å². The van der Waals surface area contributed by atoms with Crippen LogP contribution in [0.4, 0.5) is 5.69 Å². The first-order valence-electron chi connectivity index (χ1n) is 14.4. The van der Waals surface area contributed by atoms with Gasteiger partial charge in [0.2, 0.25) is 5.91 Å². The normalized spacial score (nSPS) is 10.6. The van der Waals surface area contributed by atoms with Gasteiger partial charge in [-0.15, -0.1) is 5.73 Å². The molecule has 0 spiro atoms. The molecule has 0 fully saturated rings. The molecule has 0 aromatic heterocycles. The van der Waals surface area contributed by atoms with Crippen molar-refractivity contribution in [1.29, 1.82) is 0 Å². The van der Waals surface area contributed by atoms with E-state index in [9.17, 15) is 9.59 Å². The maximum absolute atomic E-state index is 13.1. The van der Waals surface area contributed by atoms with E-state index in [0.29, 0.717) is 25.3 Å². The Morgan fingerprint density at radius 2 is 1.65 bits per heavy atom. The molecule has 0 aliphatic rings. The highest BCUT2D eigenvalue weighted by molar-refractivity contribution is 5.95. The van der Waals surface area contributed by atoms with Crippen molar-refractivity contribution >= 4 is 17.6 Å². The molecule has 0 bridgehead atoms. The molecule has 0 saturated carbocycles. The molecular weight excluding hydrogens is 502 g/mol. The molecule has 1 amide bonds. The maximum Gasteiger partial charge on any atom is 0.302 e. The van der Waals surface area contributed by atoms with E-state index in [-0.39, 0.29) is 21.3 Å². The summed E-state index contributed by atoms with van der Waals surface area (Å²) in [5, 5.41) is 7.98. The third kappa shape index (κ3) is 17.3. The smallest absolute Gasteiger partial charge is 0.302 e. The van der Waals surface area contributed by atoms with Crippen molar-refractivity contribution in [2.24, 2.45) is 0 Å². The summed E-state index contributed by atoms with van der Waals surface area (Å²) in [7, 11) is 1.78. The van der Waals surface area contributed by atoms with Gasteiger partial charge in [0.25, 0.3) is 0 Å². The van der Waals surface area contributed by atoms with Crippen LogP contribution < -0.4 is 10.6 Å². The minimum Gasteiger partial charge on any atom is -0.464 e. The standard InChI is InChI=1S/C28H37N3O4.C3H8.C2H6.2H2/c1-5-10-25(6-2)29-27(18-15-23-11-8-7-9-12-23)28(33)30-26-16-13-24(14-17-26)21-35-31(4)19-20-34-22(3)32;1-3-2;1-2;;/h7-9,11-14,16-17,27,29H,2,5,10,15,18-21H2,1,3-4H3,(H,30,33);3H2,1-2H3;1-2H3;2*1H/t27-;;;;/m0..../s1. The van der Waals surface area contributed by atoms with Crippen LogP contribution in [-0.2, 0) is 32.2 Å². The summed E-state index contributed by atoms with van der Waals surface area (Å²) in [4.78, 5) is 29.6. The Hall–Kier alpha value is -3.38. The van der Waals surface area contributed by atoms with Crippen LogP contribution in [0.1, 0.15) is 81.2 Å². The van der Waals surface area contributed by atoms with E-state index in [1.54, 1.807) is 12.1 Å². The van der Waals surface area contributed by atoms with Crippen LogP contribution in [0, 0.1) is 0 Å². The molecule has 2 aromatic rings. The fraction of sp³-hybridized carbons (Fsp3) is 0.485. The van der Waals surface area contributed by atoms with Crippen LogP contribution in [0.2, 0.25) is 0 Å². The van der Waals surface area contributed by atoms with E-state index in [1.165, 1.54) is 18.9 Å². The minimum atomic E-state index is -0.403. The SMILES string of the molecule is C=C=C(CCC)N[C@@H](CCc1ccccc1)C(=O)Nc1ccc(CON(C)CCOC(C)=O)cc1.CC.CCC.[HH].[HH]. The number of likely N-dealkylation sites (N-methyl/N-ethyl adjacent to an activating group) is 1. The van der Waals surface area contributed by atoms with Crippen LogP contribution >= 0.6 is 0 Å². The largest absolute Gasteiger partial charge is 0.464 e. The van der Waals surface area contributed by atoms with Gasteiger partial charge in [0.1, 0.15) is 12.6 Å². The number of nitrogens with zero attached hydrogens (tertiary/aromatic N) is 1. The molecule has 0 radical (unpaired) electrons. The lowest BCUT2D eigenvalue weighted by molar-refractivity contribution is -0.164. The lowest BCUT2D eigenvalue weighted by atomic mass is 10.0. The fourth-order valence-electron chi connectivity index (χ4n) is 3.38. The fourth-order valence-corrected chi connectivity index (χ4v) is 3.38. The first-order chi connectivity index (χ1) is 19.3. The molecular formula is C33H55N3O4. The van der Waals surface area contributed by atoms with Gasteiger partial charge in [-0.05, 0) is 42.5 Å². The van der Waals surface area contributed by atoms with Gasteiger partial charge in [-0.25, -0.2) is 0 Å². The van der Waals surface area contributed by atoms with Gasteiger partial charge in [-0.2, -0.15) is 5.06 Å². The molecule has 2 rings (SSSR count). The molecule has 226 valence electrons. The second-order valence-corrected chi connectivity index (χ2v) is 8.98. The summed E-state index contributed by atoms with van der Waals surface area (Å²) in [6.45, 7) is 16.6. The van der Waals surface area contributed by atoms with Gasteiger partial charge in [0.15, 0.2) is 0 Å². The number of esters is 1. The van der Waals surface area contributed by atoms with E-state index in [2.05, 4.69) is 55.8 Å². The van der Waals surface area contributed by atoms with Crippen LogP contribution in [0.3, 0.4) is 0 Å². The van der Waals surface area contributed by atoms with Crippen molar-refractivity contribution < 1.29 is 22.0 Å². The van der Waals surface area contributed by atoms with Crippen molar-refractivity contribution in [3.05, 3.63) is 83.7 Å². The molecule has 7 heteroatoms. The van der Waals surface area contributed by atoms with Crippen LogP contribution in [0.15, 0.2) is 72.6 Å². The summed E-state index contributed by atoms with van der Waals surface area (Å²) in [6, 6.07) is 17.3. The number of carbonyl (C=O) groups is 2. The molecule has 0 unspecified atom stereocenters. The Morgan fingerprint density at radius 3 is 2.20 bits per heavy atom. The molecule has 1 atom stereocenters. The van der Waals surface area contributed by atoms with Crippen molar-refractivity contribution in [3.63, 3.8) is 0 Å². The number of hydroxylamine groups is 2. The van der Waals surface area contributed by atoms with Crippen LogP contribution in [-0.4, -0.2) is 43.2 Å². The number of aryl methyl sites for hydroxylation is 1. The third-order valence-electron chi connectivity index (χ3n) is 5.33. The summed E-state index contributed by atoms with van der Waals surface area (Å²) >= 11 is 0. The molecule has 0 saturated heterocycles. The van der Waals surface area contributed by atoms with Crippen molar-refractivity contribution in [2.45, 2.75) is 86.3 Å². The molecule has 0 aliphatic carbocycles. The zero-order chi connectivity index (χ0) is 30.2. The number of carbonyl (C=O) groups excluding carboxylic acids is 2. The predicted octanol–water partition coefficient (Wildman–Crippen LogP) is 7.55. The summed E-state index contributed by atoms with van der Waals surface area (Å²) in [5.74, 6) is -0.408. The Labute approximate surface area is 245 Å². The topological polar surface area (TPSA) is 79.9 Å². The van der Waals surface area contributed by atoms with Gasteiger partial charge in [-0.3, -0.25) is 14.4 Å². The van der Waals surface area contributed by atoms with Crippen molar-refractivity contribution in [3.8, 4) is 0 Å². The van der Waals surface area contributed by atoms with E-state index in [4.69, 9.17) is 9.57 Å². The van der Waals surface area contributed by atoms with Crippen molar-refractivity contribution in [1.82, 2.24) is 10.4 Å². The Bertz CT molecular complexity index is 998. The Morgan fingerprint density at radius 1 is 1.02 bits per heavy atom. The molecule has 2 N–H and O–H groups in total. The average molecular weight is 558 g/mol. The monoisotopic (exact) mass is 557 g/mol. The van der Waals surface area contributed by atoms with E-state index >= 15 is 0 Å². The van der Waals surface area contributed by atoms with Gasteiger partial charge in [0.05, 0.1) is 18.8 Å². The van der Waals surface area contributed by atoms with Gasteiger partial charge in [0, 0.05) is 22.5 Å². The number of anilines is 1. The van der Waals surface area contributed by atoms with Crippen LogP contribution in [0.5, 0.6) is 0 Å². The Balaban J connectivity index is -0.00000204. The predicted molar refractivity (Wildman–Crippen MR) is 170 cm³/mol. The summed E-state index contributed by atoms with van der Waals surface area (Å²) < 4.78 is 4.91. The number of hydrogen-bond donors (Lipinski definition) is 2. The highest BCUT2D eigenvalue weighted by Gasteiger charge is 2.19. The summed E-state index contributed by atoms with van der Waals surface area (Å²) in [6.07, 6.45) is 4.42. The highest BCUT2D eigenvalue weighted by atomic mass is 16.7. The van der Waals surface area contributed by atoms with E-state index in [1.807, 2.05) is 56.3 Å². The molecule has 40 heavy (non-hydrogen) atoms. The molecule has 7 nitrogen and oxygen atoms in total. The molecule has 0 heterocycles. The second kappa shape index (κ2) is 23.5. The zero-order valence-electron chi connectivity index (χ0n) is 25.7.